The van der Waals surface area contributed by atoms with Gasteiger partial charge in [0, 0.05) is 20.1 Å². The minimum atomic E-state index is 0.115. The molecule has 0 saturated carbocycles. The van der Waals surface area contributed by atoms with Crippen LogP contribution in [0.15, 0.2) is 12.7 Å². The Hall–Kier alpha value is -2.22. The number of nitrogens with one attached hydrogen (secondary N) is 1. The van der Waals surface area contributed by atoms with Crippen LogP contribution in [0.3, 0.4) is 0 Å². The third-order valence-corrected chi connectivity index (χ3v) is 4.24. The van der Waals surface area contributed by atoms with E-state index in [0.717, 1.165) is 31.4 Å². The van der Waals surface area contributed by atoms with Gasteiger partial charge >= 0.3 is 0 Å². The summed E-state index contributed by atoms with van der Waals surface area (Å²) in [6.07, 6.45) is 5.02. The molecule has 118 valence electrons. The summed E-state index contributed by atoms with van der Waals surface area (Å²) in [6.45, 7) is 2.58. The van der Waals surface area contributed by atoms with Crippen LogP contribution in [0.1, 0.15) is 12.8 Å². The fourth-order valence-electron chi connectivity index (χ4n) is 2.84. The molecule has 3 N–H and O–H groups in total. The molecule has 3 heterocycles. The minimum Gasteiger partial charge on any atom is -0.348 e. The number of fused-ring (bicyclic) bond motifs is 1. The minimum absolute atomic E-state index is 0.115. The zero-order chi connectivity index (χ0) is 15.5. The average Bonchev–Trinajstić information content (AvgIpc) is 3.03. The highest BCUT2D eigenvalue weighted by Crippen LogP contribution is 2.19. The second-order valence-corrected chi connectivity index (χ2v) is 5.71. The van der Waals surface area contributed by atoms with Gasteiger partial charge in [-0.1, -0.05) is 0 Å². The maximum atomic E-state index is 12.4. The first kappa shape index (κ1) is 14.7. The lowest BCUT2D eigenvalue weighted by molar-refractivity contribution is -0.131. The number of nitrogens with zero attached hydrogens (tertiary/aromatic N) is 5. The van der Waals surface area contributed by atoms with Crippen molar-refractivity contribution in [1.82, 2.24) is 24.8 Å². The lowest BCUT2D eigenvalue weighted by Crippen LogP contribution is -2.44. The second kappa shape index (κ2) is 6.27. The molecule has 1 aliphatic rings. The van der Waals surface area contributed by atoms with Crippen LogP contribution in [0.5, 0.6) is 0 Å². The van der Waals surface area contributed by atoms with E-state index in [2.05, 4.69) is 19.9 Å². The number of rotatable bonds is 4. The molecule has 22 heavy (non-hydrogen) atoms. The molecule has 0 aliphatic carbocycles. The van der Waals surface area contributed by atoms with Crippen LogP contribution in [0.4, 0.5) is 5.82 Å². The monoisotopic (exact) mass is 303 g/mol. The number of anilines is 1. The molecule has 2 aromatic heterocycles. The summed E-state index contributed by atoms with van der Waals surface area (Å²) in [7, 11) is 1.85. The fourth-order valence-corrected chi connectivity index (χ4v) is 2.84. The highest BCUT2D eigenvalue weighted by Gasteiger charge is 2.23. The number of carbonyl (C=O) groups is 1. The number of imidazole rings is 1. The van der Waals surface area contributed by atoms with Crippen LogP contribution in [0.2, 0.25) is 0 Å². The lowest BCUT2D eigenvalue weighted by Gasteiger charge is -2.32. The quantitative estimate of drug-likeness (QED) is 0.823. The van der Waals surface area contributed by atoms with E-state index in [9.17, 15) is 4.79 Å². The molecule has 2 aromatic rings. The van der Waals surface area contributed by atoms with Crippen LogP contribution >= 0.6 is 0 Å². The molecule has 1 saturated heterocycles. The number of hydrogen-bond donors (Lipinski definition) is 2. The van der Waals surface area contributed by atoms with Gasteiger partial charge in [-0.25, -0.2) is 15.0 Å². The van der Waals surface area contributed by atoms with Crippen molar-refractivity contribution in [3.05, 3.63) is 12.7 Å². The van der Waals surface area contributed by atoms with Gasteiger partial charge < -0.3 is 20.5 Å². The average molecular weight is 303 g/mol. The van der Waals surface area contributed by atoms with E-state index < -0.39 is 0 Å². The molecule has 0 aromatic carbocycles. The second-order valence-electron chi connectivity index (χ2n) is 5.71. The van der Waals surface area contributed by atoms with Crippen LogP contribution in [-0.2, 0) is 4.79 Å². The largest absolute Gasteiger partial charge is 0.348 e. The van der Waals surface area contributed by atoms with Gasteiger partial charge in [-0.15, -0.1) is 0 Å². The summed E-state index contributed by atoms with van der Waals surface area (Å²) < 4.78 is 0. The number of nitrogens with two attached hydrogens (primary N) is 1. The molecular weight excluding hydrogens is 282 g/mol. The number of aromatic amines is 1. The van der Waals surface area contributed by atoms with E-state index in [4.69, 9.17) is 5.73 Å². The summed E-state index contributed by atoms with van der Waals surface area (Å²) in [6, 6.07) is 0. The van der Waals surface area contributed by atoms with Crippen molar-refractivity contribution in [2.45, 2.75) is 12.8 Å². The molecule has 8 heteroatoms. The molecule has 0 radical (unpaired) electrons. The number of H-pyrrole nitrogens is 1. The van der Waals surface area contributed by atoms with Gasteiger partial charge in [0.25, 0.3) is 0 Å². The molecule has 8 nitrogen and oxygen atoms in total. The summed E-state index contributed by atoms with van der Waals surface area (Å²) in [5.41, 5.74) is 7.04. The van der Waals surface area contributed by atoms with Gasteiger partial charge in [-0.3, -0.25) is 4.79 Å². The van der Waals surface area contributed by atoms with Crippen molar-refractivity contribution in [2.75, 3.05) is 38.1 Å². The third-order valence-electron chi connectivity index (χ3n) is 4.24. The van der Waals surface area contributed by atoms with Crippen molar-refractivity contribution in [3.63, 3.8) is 0 Å². The molecule has 0 atom stereocenters. The van der Waals surface area contributed by atoms with Crippen molar-refractivity contribution >= 4 is 22.9 Å². The maximum Gasteiger partial charge on any atom is 0.242 e. The number of piperidine rings is 1. The Kier molecular flexibility index (Phi) is 4.19. The zero-order valence-electron chi connectivity index (χ0n) is 12.7. The topological polar surface area (TPSA) is 104 Å². The van der Waals surface area contributed by atoms with E-state index >= 15 is 0 Å². The number of hydrogen-bond acceptors (Lipinski definition) is 6. The Bertz CT molecular complexity index is 647. The highest BCUT2D eigenvalue weighted by molar-refractivity contribution is 5.87. The Labute approximate surface area is 128 Å². The zero-order valence-corrected chi connectivity index (χ0v) is 12.7. The standard InChI is InChI=1S/C14H21N7O/c1-20(14-12-13(17-8-16-12)18-9-19-14)7-11(22)21-4-2-10(6-15)3-5-21/h8-10H,2-7,15H2,1H3,(H,16,17,18,19). The number of amides is 1. The first-order valence-electron chi connectivity index (χ1n) is 7.52. The van der Waals surface area contributed by atoms with Crippen molar-refractivity contribution < 1.29 is 4.79 Å². The van der Waals surface area contributed by atoms with Gasteiger partial charge in [-0.2, -0.15) is 0 Å². The molecule has 0 bridgehead atoms. The van der Waals surface area contributed by atoms with Gasteiger partial charge in [0.1, 0.15) is 11.8 Å². The molecule has 0 spiro atoms. The third kappa shape index (κ3) is 2.87. The summed E-state index contributed by atoms with van der Waals surface area (Å²) >= 11 is 0. The van der Waals surface area contributed by atoms with E-state index in [0.29, 0.717) is 30.5 Å². The molecule has 3 rings (SSSR count). The normalized spacial score (nSPS) is 16.2. The Morgan fingerprint density at radius 1 is 1.41 bits per heavy atom. The van der Waals surface area contributed by atoms with E-state index in [1.54, 1.807) is 6.33 Å². The number of likely N-dealkylation sites (tertiary alicyclic amines) is 1. The Balaban J connectivity index is 1.65. The molecule has 1 fully saturated rings. The summed E-state index contributed by atoms with van der Waals surface area (Å²) in [5, 5.41) is 0. The molecular formula is C14H21N7O. The van der Waals surface area contributed by atoms with Gasteiger partial charge in [0.2, 0.25) is 5.91 Å². The highest BCUT2D eigenvalue weighted by atomic mass is 16.2. The van der Waals surface area contributed by atoms with Crippen LogP contribution in [-0.4, -0.2) is 64.0 Å². The SMILES string of the molecule is CN(CC(=O)N1CCC(CN)CC1)c1ncnc2nc[nH]c12. The van der Waals surface area contributed by atoms with Crippen molar-refractivity contribution in [1.29, 1.82) is 0 Å². The first-order valence-corrected chi connectivity index (χ1v) is 7.52. The first-order chi connectivity index (χ1) is 10.7. The lowest BCUT2D eigenvalue weighted by atomic mass is 9.97. The van der Waals surface area contributed by atoms with Gasteiger partial charge in [0.15, 0.2) is 11.5 Å². The van der Waals surface area contributed by atoms with Crippen LogP contribution in [0, 0.1) is 5.92 Å². The van der Waals surface area contributed by atoms with Gasteiger partial charge in [0.05, 0.1) is 12.9 Å². The predicted molar refractivity (Wildman–Crippen MR) is 83.3 cm³/mol. The molecule has 1 amide bonds. The smallest absolute Gasteiger partial charge is 0.242 e. The number of carbonyl (C=O) groups excluding carboxylic acids is 1. The Morgan fingerprint density at radius 2 is 2.18 bits per heavy atom. The van der Waals surface area contributed by atoms with Crippen molar-refractivity contribution in [2.24, 2.45) is 11.7 Å². The van der Waals surface area contributed by atoms with E-state index in [1.165, 1.54) is 6.33 Å². The molecule has 1 aliphatic heterocycles. The van der Waals surface area contributed by atoms with Crippen LogP contribution < -0.4 is 10.6 Å². The van der Waals surface area contributed by atoms with Gasteiger partial charge in [-0.05, 0) is 25.3 Å². The predicted octanol–water partition coefficient (Wildman–Crippen LogP) is -0.0136. The Morgan fingerprint density at radius 3 is 2.91 bits per heavy atom. The summed E-state index contributed by atoms with van der Waals surface area (Å²) in [4.78, 5) is 31.6. The van der Waals surface area contributed by atoms with Crippen molar-refractivity contribution in [3.8, 4) is 0 Å². The number of aromatic nitrogens is 4. The van der Waals surface area contributed by atoms with E-state index in [1.807, 2.05) is 16.8 Å². The van der Waals surface area contributed by atoms with Crippen LogP contribution in [0.25, 0.3) is 11.2 Å². The molecule has 0 unspecified atom stereocenters. The maximum absolute atomic E-state index is 12.4. The fraction of sp³-hybridized carbons (Fsp3) is 0.571. The summed E-state index contributed by atoms with van der Waals surface area (Å²) in [5.74, 6) is 1.35. The number of likely N-dealkylation sites (N-methyl/N-ethyl adjacent to an activating group) is 1. The van der Waals surface area contributed by atoms with E-state index in [-0.39, 0.29) is 5.91 Å².